The van der Waals surface area contributed by atoms with Gasteiger partial charge in [0.25, 0.3) is 0 Å². The summed E-state index contributed by atoms with van der Waals surface area (Å²) in [6, 6.07) is 11.9. The molecule has 2 aromatic rings. The maximum Gasteiger partial charge on any atom is 0.119 e. The van der Waals surface area contributed by atoms with E-state index in [1.54, 1.807) is 0 Å². The van der Waals surface area contributed by atoms with Crippen LogP contribution in [0.4, 0.5) is 0 Å². The van der Waals surface area contributed by atoms with Crippen LogP contribution in [0, 0.1) is 0 Å². The van der Waals surface area contributed by atoms with E-state index >= 15 is 0 Å². The summed E-state index contributed by atoms with van der Waals surface area (Å²) in [4.78, 5) is 0. The molecular weight excluding hydrogens is 226 g/mol. The van der Waals surface area contributed by atoms with E-state index in [1.807, 2.05) is 54.3 Å². The molecule has 0 saturated carbocycles. The van der Waals surface area contributed by atoms with Crippen LogP contribution in [0.2, 0.25) is 0 Å². The Bertz CT molecular complexity index is 453. The normalized spacial score (nSPS) is 10.5. The topological polar surface area (TPSA) is 39.1 Å². The van der Waals surface area contributed by atoms with Crippen LogP contribution in [0.15, 0.2) is 42.6 Å². The zero-order valence-corrected chi connectivity index (χ0v) is 10.7. The summed E-state index contributed by atoms with van der Waals surface area (Å²) >= 11 is 0. The van der Waals surface area contributed by atoms with Gasteiger partial charge < -0.3 is 10.1 Å². The van der Waals surface area contributed by atoms with Crippen LogP contribution in [0.3, 0.4) is 0 Å². The average molecular weight is 245 g/mol. The molecule has 4 heteroatoms. The number of nitrogens with zero attached hydrogens (tertiary/aromatic N) is 2. The number of rotatable bonds is 7. The lowest BCUT2D eigenvalue weighted by molar-refractivity contribution is 0.308. The number of aryl methyl sites for hydroxylation is 1. The molecular formula is C14H19N3O. The van der Waals surface area contributed by atoms with Crippen molar-refractivity contribution in [1.82, 2.24) is 15.1 Å². The molecule has 1 aromatic carbocycles. The largest absolute Gasteiger partial charge is 0.494 e. The summed E-state index contributed by atoms with van der Waals surface area (Å²) in [7, 11) is 1.95. The van der Waals surface area contributed by atoms with Crippen molar-refractivity contribution in [3.8, 4) is 5.75 Å². The number of hydrogen-bond acceptors (Lipinski definition) is 3. The predicted octanol–water partition coefficient (Wildman–Crippen LogP) is 1.98. The first-order chi connectivity index (χ1) is 8.86. The van der Waals surface area contributed by atoms with Crippen LogP contribution in [-0.2, 0) is 13.6 Å². The molecule has 1 heterocycles. The summed E-state index contributed by atoms with van der Waals surface area (Å²) < 4.78 is 7.49. The van der Waals surface area contributed by atoms with E-state index in [0.29, 0.717) is 0 Å². The Morgan fingerprint density at radius 1 is 1.22 bits per heavy atom. The van der Waals surface area contributed by atoms with Gasteiger partial charge in [0.05, 0.1) is 12.3 Å². The Morgan fingerprint density at radius 3 is 2.78 bits per heavy atom. The summed E-state index contributed by atoms with van der Waals surface area (Å²) in [6.45, 7) is 2.53. The van der Waals surface area contributed by atoms with E-state index in [0.717, 1.165) is 31.9 Å². The van der Waals surface area contributed by atoms with Crippen LogP contribution in [0.25, 0.3) is 0 Å². The second-order valence-electron chi connectivity index (χ2n) is 4.14. The minimum Gasteiger partial charge on any atom is -0.494 e. The minimum atomic E-state index is 0.738. The second kappa shape index (κ2) is 6.81. The molecule has 0 saturated heterocycles. The molecule has 0 aliphatic rings. The van der Waals surface area contributed by atoms with Gasteiger partial charge in [-0.05, 0) is 31.2 Å². The molecule has 0 unspecified atom stereocenters. The molecule has 0 aliphatic heterocycles. The molecule has 1 N–H and O–H groups in total. The van der Waals surface area contributed by atoms with Gasteiger partial charge >= 0.3 is 0 Å². The quantitative estimate of drug-likeness (QED) is 0.758. The molecule has 0 atom stereocenters. The van der Waals surface area contributed by atoms with E-state index in [1.165, 1.54) is 5.69 Å². The van der Waals surface area contributed by atoms with Gasteiger partial charge in [0.15, 0.2) is 0 Å². The third kappa shape index (κ3) is 3.89. The third-order valence-corrected chi connectivity index (χ3v) is 2.74. The van der Waals surface area contributed by atoms with Crippen molar-refractivity contribution in [1.29, 1.82) is 0 Å². The Balaban J connectivity index is 1.56. The van der Waals surface area contributed by atoms with Gasteiger partial charge in [-0.1, -0.05) is 18.2 Å². The number of hydrogen-bond donors (Lipinski definition) is 1. The van der Waals surface area contributed by atoms with Crippen LogP contribution >= 0.6 is 0 Å². The highest BCUT2D eigenvalue weighted by atomic mass is 16.5. The minimum absolute atomic E-state index is 0.738. The smallest absolute Gasteiger partial charge is 0.119 e. The SMILES string of the molecule is Cn1nccc1CNCCCOc1ccccc1. The van der Waals surface area contributed by atoms with E-state index in [9.17, 15) is 0 Å². The van der Waals surface area contributed by atoms with E-state index in [2.05, 4.69) is 10.4 Å². The van der Waals surface area contributed by atoms with Crippen molar-refractivity contribution in [3.63, 3.8) is 0 Å². The molecule has 0 bridgehead atoms. The summed E-state index contributed by atoms with van der Waals surface area (Å²) in [5.74, 6) is 0.934. The number of ether oxygens (including phenoxy) is 1. The van der Waals surface area contributed by atoms with Crippen molar-refractivity contribution in [2.24, 2.45) is 7.05 Å². The number of para-hydroxylation sites is 1. The molecule has 0 aliphatic carbocycles. The zero-order chi connectivity index (χ0) is 12.6. The van der Waals surface area contributed by atoms with Gasteiger partial charge in [-0.25, -0.2) is 0 Å². The van der Waals surface area contributed by atoms with Crippen molar-refractivity contribution in [2.75, 3.05) is 13.2 Å². The first-order valence-corrected chi connectivity index (χ1v) is 6.22. The number of aromatic nitrogens is 2. The highest BCUT2D eigenvalue weighted by molar-refractivity contribution is 5.20. The second-order valence-corrected chi connectivity index (χ2v) is 4.14. The molecule has 4 nitrogen and oxygen atoms in total. The number of benzene rings is 1. The predicted molar refractivity (Wildman–Crippen MR) is 71.5 cm³/mol. The van der Waals surface area contributed by atoms with Gasteiger partial charge in [-0.15, -0.1) is 0 Å². The van der Waals surface area contributed by atoms with Gasteiger partial charge in [-0.3, -0.25) is 4.68 Å². The molecule has 1 aromatic heterocycles. The van der Waals surface area contributed by atoms with E-state index in [-0.39, 0.29) is 0 Å². The Kier molecular flexibility index (Phi) is 4.78. The lowest BCUT2D eigenvalue weighted by Crippen LogP contribution is -2.18. The molecule has 0 spiro atoms. The maximum absolute atomic E-state index is 5.61. The van der Waals surface area contributed by atoms with Gasteiger partial charge in [0.2, 0.25) is 0 Å². The van der Waals surface area contributed by atoms with Crippen molar-refractivity contribution >= 4 is 0 Å². The fourth-order valence-electron chi connectivity index (χ4n) is 1.70. The monoisotopic (exact) mass is 245 g/mol. The zero-order valence-electron chi connectivity index (χ0n) is 10.7. The highest BCUT2D eigenvalue weighted by Gasteiger charge is 1.97. The fraction of sp³-hybridized carbons (Fsp3) is 0.357. The Labute approximate surface area is 108 Å². The van der Waals surface area contributed by atoms with Crippen LogP contribution in [0.5, 0.6) is 5.75 Å². The highest BCUT2D eigenvalue weighted by Crippen LogP contribution is 2.08. The van der Waals surface area contributed by atoms with Crippen molar-refractivity contribution in [2.45, 2.75) is 13.0 Å². The van der Waals surface area contributed by atoms with Crippen LogP contribution < -0.4 is 10.1 Å². The molecule has 96 valence electrons. The van der Waals surface area contributed by atoms with Gasteiger partial charge in [-0.2, -0.15) is 5.10 Å². The summed E-state index contributed by atoms with van der Waals surface area (Å²) in [5, 5.41) is 7.50. The Morgan fingerprint density at radius 2 is 2.06 bits per heavy atom. The first-order valence-electron chi connectivity index (χ1n) is 6.22. The standard InChI is InChI=1S/C14H19N3O/c1-17-13(8-10-16-17)12-15-9-5-11-18-14-6-3-2-4-7-14/h2-4,6-8,10,15H,5,9,11-12H2,1H3. The van der Waals surface area contributed by atoms with Crippen molar-refractivity contribution in [3.05, 3.63) is 48.3 Å². The summed E-state index contributed by atoms with van der Waals surface area (Å²) in [5.41, 5.74) is 1.19. The van der Waals surface area contributed by atoms with Crippen LogP contribution in [0.1, 0.15) is 12.1 Å². The lowest BCUT2D eigenvalue weighted by Gasteiger charge is -2.07. The third-order valence-electron chi connectivity index (χ3n) is 2.74. The first kappa shape index (κ1) is 12.6. The van der Waals surface area contributed by atoms with Gasteiger partial charge in [0, 0.05) is 19.8 Å². The lowest BCUT2D eigenvalue weighted by atomic mass is 10.3. The molecule has 2 rings (SSSR count). The van der Waals surface area contributed by atoms with E-state index < -0.39 is 0 Å². The molecule has 0 fully saturated rings. The van der Waals surface area contributed by atoms with Gasteiger partial charge in [0.1, 0.15) is 5.75 Å². The van der Waals surface area contributed by atoms with E-state index in [4.69, 9.17) is 4.74 Å². The fourth-order valence-corrected chi connectivity index (χ4v) is 1.70. The van der Waals surface area contributed by atoms with Crippen molar-refractivity contribution < 1.29 is 4.74 Å². The average Bonchev–Trinajstić information content (AvgIpc) is 2.81. The molecule has 0 amide bonds. The Hall–Kier alpha value is -1.81. The molecule has 0 radical (unpaired) electrons. The van der Waals surface area contributed by atoms with Crippen LogP contribution in [-0.4, -0.2) is 22.9 Å². The molecule has 18 heavy (non-hydrogen) atoms. The summed E-state index contributed by atoms with van der Waals surface area (Å²) in [6.07, 6.45) is 2.81. The number of nitrogens with one attached hydrogen (secondary N) is 1. The maximum atomic E-state index is 5.61.